The van der Waals surface area contributed by atoms with Crippen LogP contribution in [0.3, 0.4) is 0 Å². The van der Waals surface area contributed by atoms with Crippen molar-refractivity contribution in [2.24, 2.45) is 4.99 Å². The Bertz CT molecular complexity index is 531. The van der Waals surface area contributed by atoms with E-state index in [4.69, 9.17) is 0 Å². The molecule has 2 rings (SSSR count). The lowest BCUT2D eigenvalue weighted by Crippen LogP contribution is -2.39. The molecule has 148 valence electrons. The van der Waals surface area contributed by atoms with Crippen LogP contribution in [0.4, 0.5) is 13.2 Å². The molecular weight excluding hydrogens is 456 g/mol. The second kappa shape index (κ2) is 11.6. The molecule has 0 aromatic heterocycles. The summed E-state index contributed by atoms with van der Waals surface area (Å²) in [5.74, 6) is 0.437. The summed E-state index contributed by atoms with van der Waals surface area (Å²) < 4.78 is 37.0. The van der Waals surface area contributed by atoms with E-state index in [2.05, 4.69) is 32.7 Å². The average molecular weight is 484 g/mol. The van der Waals surface area contributed by atoms with Gasteiger partial charge in [-0.3, -0.25) is 9.89 Å². The Morgan fingerprint density at radius 2 is 1.81 bits per heavy atom. The Labute approximate surface area is 170 Å². The molecule has 8 heteroatoms. The van der Waals surface area contributed by atoms with Crippen LogP contribution in [0, 0.1) is 0 Å². The van der Waals surface area contributed by atoms with Gasteiger partial charge in [-0.15, -0.1) is 24.0 Å². The zero-order chi connectivity index (χ0) is 18.1. The lowest BCUT2D eigenvalue weighted by Gasteiger charge is -2.27. The van der Waals surface area contributed by atoms with Gasteiger partial charge in [-0.1, -0.05) is 30.3 Å². The van der Waals surface area contributed by atoms with Gasteiger partial charge in [-0.2, -0.15) is 13.2 Å². The van der Waals surface area contributed by atoms with Crippen LogP contribution in [-0.2, 0) is 0 Å². The fraction of sp³-hybridized carbons (Fsp3) is 0.611. The summed E-state index contributed by atoms with van der Waals surface area (Å²) in [5.41, 5.74) is 1.19. The number of hydrogen-bond donors (Lipinski definition) is 2. The number of alkyl halides is 3. The van der Waals surface area contributed by atoms with Crippen LogP contribution in [0.1, 0.15) is 37.8 Å². The summed E-state index contributed by atoms with van der Waals surface area (Å²) in [4.78, 5) is 6.94. The molecule has 1 aromatic rings. The fourth-order valence-corrected chi connectivity index (χ4v) is 3.00. The minimum absolute atomic E-state index is 0. The van der Waals surface area contributed by atoms with E-state index in [9.17, 15) is 13.2 Å². The average Bonchev–Trinajstić information content (AvgIpc) is 3.09. The van der Waals surface area contributed by atoms with Gasteiger partial charge >= 0.3 is 6.18 Å². The highest BCUT2D eigenvalue weighted by molar-refractivity contribution is 14.0. The van der Waals surface area contributed by atoms with E-state index in [1.54, 1.807) is 0 Å². The number of likely N-dealkylation sites (tertiary alicyclic amines) is 1. The highest BCUT2D eigenvalue weighted by atomic mass is 127. The summed E-state index contributed by atoms with van der Waals surface area (Å²) in [6.45, 7) is 4.92. The first-order chi connectivity index (χ1) is 12.0. The van der Waals surface area contributed by atoms with Gasteiger partial charge in [0.1, 0.15) is 0 Å². The first-order valence-electron chi connectivity index (χ1n) is 8.87. The highest BCUT2D eigenvalue weighted by Crippen LogP contribution is 2.25. The Balaban J connectivity index is 0.00000338. The Morgan fingerprint density at radius 1 is 1.15 bits per heavy atom. The molecule has 0 bridgehead atoms. The van der Waals surface area contributed by atoms with Gasteiger partial charge in [0.2, 0.25) is 0 Å². The third-order valence-corrected chi connectivity index (χ3v) is 4.23. The van der Waals surface area contributed by atoms with Crippen LogP contribution >= 0.6 is 24.0 Å². The zero-order valence-corrected chi connectivity index (χ0v) is 17.4. The van der Waals surface area contributed by atoms with Crippen LogP contribution in [0.15, 0.2) is 35.3 Å². The number of rotatable bonds is 7. The SMILES string of the molecule is CCNC(=NCC(c1ccccc1)N1CCCC1)NCCC(F)(F)F.I. The minimum Gasteiger partial charge on any atom is -0.357 e. The van der Waals surface area contributed by atoms with Gasteiger partial charge < -0.3 is 10.6 Å². The van der Waals surface area contributed by atoms with E-state index in [1.807, 2.05) is 25.1 Å². The third kappa shape index (κ3) is 8.11. The van der Waals surface area contributed by atoms with Gasteiger partial charge in [0, 0.05) is 13.1 Å². The largest absolute Gasteiger partial charge is 0.390 e. The number of benzene rings is 1. The van der Waals surface area contributed by atoms with E-state index in [0.717, 1.165) is 13.1 Å². The summed E-state index contributed by atoms with van der Waals surface area (Å²) >= 11 is 0. The molecule has 0 amide bonds. The Morgan fingerprint density at radius 3 is 2.38 bits per heavy atom. The number of halogens is 4. The van der Waals surface area contributed by atoms with Crippen LogP contribution in [0.25, 0.3) is 0 Å². The van der Waals surface area contributed by atoms with Crippen molar-refractivity contribution in [3.05, 3.63) is 35.9 Å². The normalized spacial score (nSPS) is 16.8. The maximum Gasteiger partial charge on any atom is 0.390 e. The number of aliphatic imine (C=N–C) groups is 1. The smallest absolute Gasteiger partial charge is 0.357 e. The third-order valence-electron chi connectivity index (χ3n) is 4.23. The molecule has 1 heterocycles. The molecular formula is C18H28F3IN4. The predicted octanol–water partition coefficient (Wildman–Crippen LogP) is 3.95. The van der Waals surface area contributed by atoms with E-state index < -0.39 is 12.6 Å². The quantitative estimate of drug-likeness (QED) is 0.350. The standard InChI is InChI=1S/C18H27F3N4.HI/c1-2-22-17(23-11-10-18(19,20)21)24-14-16(25-12-6-7-13-25)15-8-4-3-5-9-15;/h3-5,8-9,16H,2,6-7,10-14H2,1H3,(H2,22,23,24);1H. The van der Waals surface area contributed by atoms with Gasteiger partial charge in [0.15, 0.2) is 5.96 Å². The van der Waals surface area contributed by atoms with Gasteiger partial charge in [-0.25, -0.2) is 0 Å². The molecule has 0 saturated carbocycles. The maximum absolute atomic E-state index is 12.3. The molecule has 1 unspecified atom stereocenters. The Kier molecular flexibility index (Phi) is 10.3. The number of guanidine groups is 1. The molecule has 2 N–H and O–H groups in total. The van der Waals surface area contributed by atoms with Crippen LogP contribution in [0.5, 0.6) is 0 Å². The minimum atomic E-state index is -4.16. The molecule has 0 aliphatic carbocycles. The van der Waals surface area contributed by atoms with Crippen molar-refractivity contribution in [2.45, 2.75) is 38.4 Å². The Hall–Kier alpha value is -1.03. The number of hydrogen-bond acceptors (Lipinski definition) is 2. The van der Waals surface area contributed by atoms with Gasteiger partial charge in [-0.05, 0) is 38.4 Å². The zero-order valence-electron chi connectivity index (χ0n) is 15.1. The summed E-state index contributed by atoms with van der Waals surface area (Å²) in [5, 5.41) is 5.79. The number of nitrogens with one attached hydrogen (secondary N) is 2. The van der Waals surface area contributed by atoms with Crippen LogP contribution in [0.2, 0.25) is 0 Å². The van der Waals surface area contributed by atoms with Crippen molar-refractivity contribution < 1.29 is 13.2 Å². The van der Waals surface area contributed by atoms with Crippen LogP contribution < -0.4 is 10.6 Å². The molecule has 1 aromatic carbocycles. The van der Waals surface area contributed by atoms with Crippen molar-refractivity contribution in [3.63, 3.8) is 0 Å². The highest BCUT2D eigenvalue weighted by Gasteiger charge is 2.26. The molecule has 0 spiro atoms. The first kappa shape index (κ1) is 23.0. The van der Waals surface area contributed by atoms with Crippen LogP contribution in [-0.4, -0.2) is 49.8 Å². The molecule has 1 atom stereocenters. The fourth-order valence-electron chi connectivity index (χ4n) is 3.00. The molecule has 26 heavy (non-hydrogen) atoms. The van der Waals surface area contributed by atoms with E-state index >= 15 is 0 Å². The summed E-state index contributed by atoms with van der Waals surface area (Å²) in [7, 11) is 0. The number of nitrogens with zero attached hydrogens (tertiary/aromatic N) is 2. The lowest BCUT2D eigenvalue weighted by atomic mass is 10.1. The van der Waals surface area contributed by atoms with Gasteiger partial charge in [0.05, 0.1) is 19.0 Å². The second-order valence-electron chi connectivity index (χ2n) is 6.18. The van der Waals surface area contributed by atoms with Crippen molar-refractivity contribution in [3.8, 4) is 0 Å². The first-order valence-corrected chi connectivity index (χ1v) is 8.87. The topological polar surface area (TPSA) is 39.7 Å². The van der Waals surface area contributed by atoms with E-state index in [-0.39, 0.29) is 36.6 Å². The second-order valence-corrected chi connectivity index (χ2v) is 6.18. The van der Waals surface area contributed by atoms with Crippen molar-refractivity contribution in [2.75, 3.05) is 32.7 Å². The van der Waals surface area contributed by atoms with E-state index in [1.165, 1.54) is 18.4 Å². The van der Waals surface area contributed by atoms with E-state index in [0.29, 0.717) is 19.0 Å². The summed E-state index contributed by atoms with van der Waals surface area (Å²) in [6, 6.07) is 10.3. The van der Waals surface area contributed by atoms with Gasteiger partial charge in [0.25, 0.3) is 0 Å². The summed E-state index contributed by atoms with van der Waals surface area (Å²) in [6.07, 6.45) is -2.67. The maximum atomic E-state index is 12.3. The molecule has 1 saturated heterocycles. The molecule has 1 aliphatic heterocycles. The predicted molar refractivity (Wildman–Crippen MR) is 110 cm³/mol. The lowest BCUT2D eigenvalue weighted by molar-refractivity contribution is -0.132. The molecule has 1 aliphatic rings. The molecule has 1 fully saturated rings. The van der Waals surface area contributed by atoms with Crippen molar-refractivity contribution in [1.29, 1.82) is 0 Å². The van der Waals surface area contributed by atoms with Crippen molar-refractivity contribution in [1.82, 2.24) is 15.5 Å². The molecule has 0 radical (unpaired) electrons. The monoisotopic (exact) mass is 484 g/mol. The van der Waals surface area contributed by atoms with Crippen molar-refractivity contribution >= 4 is 29.9 Å². The molecule has 4 nitrogen and oxygen atoms in total.